The van der Waals surface area contributed by atoms with Crippen molar-refractivity contribution in [1.29, 1.82) is 0 Å². The van der Waals surface area contributed by atoms with E-state index in [1.165, 1.54) is 24.5 Å². The van der Waals surface area contributed by atoms with E-state index in [4.69, 9.17) is 4.74 Å². The van der Waals surface area contributed by atoms with Gasteiger partial charge in [-0.3, -0.25) is 0 Å². The van der Waals surface area contributed by atoms with Crippen molar-refractivity contribution in [3.63, 3.8) is 0 Å². The van der Waals surface area contributed by atoms with Gasteiger partial charge < -0.3 is 9.47 Å². The van der Waals surface area contributed by atoms with Crippen molar-refractivity contribution in [3.05, 3.63) is 41.4 Å². The lowest BCUT2D eigenvalue weighted by molar-refractivity contribution is -0.134. The summed E-state index contributed by atoms with van der Waals surface area (Å²) in [7, 11) is 2.98. The lowest BCUT2D eigenvalue weighted by Gasteiger charge is -1.99. The average Bonchev–Trinajstić information content (AvgIpc) is 2.93. The van der Waals surface area contributed by atoms with Crippen LogP contribution in [0.25, 0.3) is 16.6 Å². The first-order valence-corrected chi connectivity index (χ1v) is 6.47. The smallest absolute Gasteiger partial charge is 0.330 e. The molecule has 5 heteroatoms. The fourth-order valence-electron chi connectivity index (χ4n) is 1.45. The van der Waals surface area contributed by atoms with Gasteiger partial charge >= 0.3 is 5.97 Å². The van der Waals surface area contributed by atoms with Crippen molar-refractivity contribution >= 4 is 23.4 Å². The van der Waals surface area contributed by atoms with Crippen molar-refractivity contribution in [3.8, 4) is 16.3 Å². The number of hydrogen-bond acceptors (Lipinski definition) is 5. The Morgan fingerprint density at radius 2 is 2.00 bits per heavy atom. The molecule has 0 spiro atoms. The van der Waals surface area contributed by atoms with E-state index < -0.39 is 0 Å². The summed E-state index contributed by atoms with van der Waals surface area (Å²) in [4.78, 5) is 15.4. The summed E-state index contributed by atoms with van der Waals surface area (Å²) in [6, 6.07) is 7.68. The molecule has 0 N–H and O–H groups in total. The largest absolute Gasteiger partial charge is 0.497 e. The third kappa shape index (κ3) is 3.42. The number of aromatic nitrogens is 1. The van der Waals surface area contributed by atoms with Gasteiger partial charge in [-0.1, -0.05) is 0 Å². The molecular weight excluding hydrogens is 262 g/mol. The van der Waals surface area contributed by atoms with Crippen LogP contribution in [-0.4, -0.2) is 25.2 Å². The van der Waals surface area contributed by atoms with E-state index in [0.717, 1.165) is 22.0 Å². The van der Waals surface area contributed by atoms with E-state index in [1.54, 1.807) is 13.2 Å². The Morgan fingerprint density at radius 1 is 1.26 bits per heavy atom. The van der Waals surface area contributed by atoms with Gasteiger partial charge in [-0.15, -0.1) is 11.3 Å². The normalized spacial score (nSPS) is 10.6. The zero-order valence-corrected chi connectivity index (χ0v) is 11.4. The first-order chi connectivity index (χ1) is 9.22. The molecule has 0 radical (unpaired) electrons. The predicted molar refractivity (Wildman–Crippen MR) is 75.2 cm³/mol. The molecule has 2 rings (SSSR count). The minimum atomic E-state index is -0.390. The maximum atomic E-state index is 11.0. The number of carbonyl (C=O) groups is 1. The molecular formula is C14H13NO3S. The number of carbonyl (C=O) groups excluding carboxylic acids is 1. The van der Waals surface area contributed by atoms with Crippen LogP contribution in [0.2, 0.25) is 0 Å². The van der Waals surface area contributed by atoms with Crippen LogP contribution in [0.5, 0.6) is 5.75 Å². The van der Waals surface area contributed by atoms with Gasteiger partial charge in [0.15, 0.2) is 0 Å². The van der Waals surface area contributed by atoms with Crippen molar-refractivity contribution in [1.82, 2.24) is 4.98 Å². The maximum absolute atomic E-state index is 11.0. The topological polar surface area (TPSA) is 48.4 Å². The lowest BCUT2D eigenvalue weighted by atomic mass is 10.2. The Bertz CT molecular complexity index is 587. The summed E-state index contributed by atoms with van der Waals surface area (Å²) in [6.07, 6.45) is 2.99. The molecule has 0 bridgehead atoms. The van der Waals surface area contributed by atoms with Crippen LogP contribution in [0.3, 0.4) is 0 Å². The van der Waals surface area contributed by atoms with Gasteiger partial charge in [0.05, 0.1) is 19.9 Å². The standard InChI is InChI=1S/C14H13NO3S/c1-17-12-6-3-10(4-7-12)14-15-11(9-19-14)5-8-13(16)18-2/h3-9H,1-2H3. The second kappa shape index (κ2) is 6.15. The SMILES string of the molecule is COC(=O)C=Cc1csc(-c2ccc(OC)cc2)n1. The number of ether oxygens (including phenoxy) is 2. The Labute approximate surface area is 115 Å². The molecule has 4 nitrogen and oxygen atoms in total. The van der Waals surface area contributed by atoms with E-state index in [9.17, 15) is 4.79 Å². The fourth-order valence-corrected chi connectivity index (χ4v) is 2.24. The van der Waals surface area contributed by atoms with E-state index in [2.05, 4.69) is 9.72 Å². The monoisotopic (exact) mass is 275 g/mol. The molecule has 1 heterocycles. The summed E-state index contributed by atoms with van der Waals surface area (Å²) in [5.41, 5.74) is 1.75. The molecule has 0 saturated heterocycles. The van der Waals surface area contributed by atoms with Crippen LogP contribution < -0.4 is 4.74 Å². The van der Waals surface area contributed by atoms with Crippen LogP contribution in [0, 0.1) is 0 Å². The minimum Gasteiger partial charge on any atom is -0.497 e. The highest BCUT2D eigenvalue weighted by Crippen LogP contribution is 2.26. The van der Waals surface area contributed by atoms with Crippen LogP contribution >= 0.6 is 11.3 Å². The molecule has 0 fully saturated rings. The summed E-state index contributed by atoms with van der Waals surface area (Å²) in [5.74, 6) is 0.421. The van der Waals surface area contributed by atoms with E-state index >= 15 is 0 Å². The Kier molecular flexibility index (Phi) is 4.30. The van der Waals surface area contributed by atoms with E-state index in [-0.39, 0.29) is 5.97 Å². The van der Waals surface area contributed by atoms with Gasteiger partial charge in [-0.25, -0.2) is 9.78 Å². The third-order valence-electron chi connectivity index (χ3n) is 2.45. The Balaban J connectivity index is 2.15. The summed E-state index contributed by atoms with van der Waals surface area (Å²) in [5, 5.41) is 2.78. The van der Waals surface area contributed by atoms with Gasteiger partial charge in [0, 0.05) is 17.0 Å². The number of esters is 1. The molecule has 1 aromatic heterocycles. The van der Waals surface area contributed by atoms with Crippen molar-refractivity contribution < 1.29 is 14.3 Å². The molecule has 0 atom stereocenters. The summed E-state index contributed by atoms with van der Waals surface area (Å²) in [6.45, 7) is 0. The Morgan fingerprint density at radius 3 is 2.63 bits per heavy atom. The van der Waals surface area contributed by atoms with Crippen LogP contribution in [0.1, 0.15) is 5.69 Å². The van der Waals surface area contributed by atoms with Gasteiger partial charge in [0.25, 0.3) is 0 Å². The maximum Gasteiger partial charge on any atom is 0.330 e. The van der Waals surface area contributed by atoms with Gasteiger partial charge in [0.2, 0.25) is 0 Å². The number of benzene rings is 1. The fraction of sp³-hybridized carbons (Fsp3) is 0.143. The van der Waals surface area contributed by atoms with Crippen molar-refractivity contribution in [2.24, 2.45) is 0 Å². The molecule has 0 aliphatic carbocycles. The molecule has 0 saturated carbocycles. The van der Waals surface area contributed by atoms with E-state index in [1.807, 2.05) is 29.6 Å². The first-order valence-electron chi connectivity index (χ1n) is 5.59. The van der Waals surface area contributed by atoms with Gasteiger partial charge in [-0.05, 0) is 30.3 Å². The molecule has 19 heavy (non-hydrogen) atoms. The van der Waals surface area contributed by atoms with Gasteiger partial charge in [0.1, 0.15) is 10.8 Å². The molecule has 0 aliphatic heterocycles. The zero-order chi connectivity index (χ0) is 13.7. The second-order valence-electron chi connectivity index (χ2n) is 3.66. The highest BCUT2D eigenvalue weighted by molar-refractivity contribution is 7.13. The number of rotatable bonds is 4. The number of methoxy groups -OCH3 is 2. The van der Waals surface area contributed by atoms with Crippen LogP contribution in [0.15, 0.2) is 35.7 Å². The molecule has 0 unspecified atom stereocenters. The number of hydrogen-bond donors (Lipinski definition) is 0. The highest BCUT2D eigenvalue weighted by atomic mass is 32.1. The molecule has 2 aromatic rings. The highest BCUT2D eigenvalue weighted by Gasteiger charge is 2.03. The summed E-state index contributed by atoms with van der Waals surface area (Å²) >= 11 is 1.52. The lowest BCUT2D eigenvalue weighted by Crippen LogP contribution is -1.93. The Hall–Kier alpha value is -2.14. The average molecular weight is 275 g/mol. The molecule has 0 amide bonds. The van der Waals surface area contributed by atoms with Crippen molar-refractivity contribution in [2.75, 3.05) is 14.2 Å². The van der Waals surface area contributed by atoms with Gasteiger partial charge in [-0.2, -0.15) is 0 Å². The molecule has 0 aliphatic rings. The molecule has 98 valence electrons. The van der Waals surface area contributed by atoms with Crippen LogP contribution in [-0.2, 0) is 9.53 Å². The number of nitrogens with zero attached hydrogens (tertiary/aromatic N) is 1. The molecule has 1 aromatic carbocycles. The zero-order valence-electron chi connectivity index (χ0n) is 10.6. The minimum absolute atomic E-state index is 0.390. The number of thiazole rings is 1. The van der Waals surface area contributed by atoms with Crippen LogP contribution in [0.4, 0.5) is 0 Å². The second-order valence-corrected chi connectivity index (χ2v) is 4.52. The third-order valence-corrected chi connectivity index (χ3v) is 3.36. The summed E-state index contributed by atoms with van der Waals surface area (Å²) < 4.78 is 9.63. The van der Waals surface area contributed by atoms with E-state index in [0.29, 0.717) is 0 Å². The predicted octanol–water partition coefficient (Wildman–Crippen LogP) is 3.00. The first kappa shape index (κ1) is 13.3. The van der Waals surface area contributed by atoms with Crippen molar-refractivity contribution in [2.45, 2.75) is 0 Å². The quantitative estimate of drug-likeness (QED) is 0.635.